The average Bonchev–Trinajstić information content (AvgIpc) is 2.97. The molecule has 1 N–H and O–H groups in total. The Morgan fingerprint density at radius 2 is 1.16 bits per heavy atom. The molecule has 0 radical (unpaired) electrons. The quantitative estimate of drug-likeness (QED) is 0.436. The minimum Gasteiger partial charge on any atom is -0.444 e. The summed E-state index contributed by atoms with van der Waals surface area (Å²) in [5.41, 5.74) is 2.83. The minimum atomic E-state index is -0.477. The second-order valence-electron chi connectivity index (χ2n) is 13.0. The Morgan fingerprint density at radius 3 is 1.60 bits per heavy atom. The van der Waals surface area contributed by atoms with Crippen LogP contribution >= 0.6 is 0 Å². The van der Waals surface area contributed by atoms with Gasteiger partial charge >= 0.3 is 12.2 Å². The van der Waals surface area contributed by atoms with E-state index in [9.17, 15) is 23.6 Å². The van der Waals surface area contributed by atoms with Crippen molar-refractivity contribution in [3.63, 3.8) is 0 Å². The molecule has 248 valence electrons. The summed E-state index contributed by atoms with van der Waals surface area (Å²) in [4.78, 5) is 50.5. The molecule has 0 spiro atoms. The highest BCUT2D eigenvalue weighted by atomic mass is 19.1. The first-order valence-electron chi connectivity index (χ1n) is 15.2. The number of benzene rings is 2. The van der Waals surface area contributed by atoms with Crippen molar-refractivity contribution in [2.75, 3.05) is 57.3 Å². The predicted octanol–water partition coefficient (Wildman–Crippen LogP) is 5.64. The van der Waals surface area contributed by atoms with Crippen molar-refractivity contribution < 1.29 is 33.0 Å². The highest BCUT2D eigenvalue weighted by molar-refractivity contribution is 5.85. The van der Waals surface area contributed by atoms with Gasteiger partial charge in [-0.2, -0.15) is 0 Å². The molecule has 0 atom stereocenters. The van der Waals surface area contributed by atoms with Crippen molar-refractivity contribution in [2.24, 2.45) is 0 Å². The number of piperazine rings is 2. The van der Waals surface area contributed by atoms with E-state index in [1.807, 2.05) is 66.7 Å². The maximum absolute atomic E-state index is 12.6. The largest absolute Gasteiger partial charge is 0.444 e. The number of nitrogens with zero attached hydrogens (tertiary/aromatic N) is 3. The summed E-state index contributed by atoms with van der Waals surface area (Å²) >= 11 is 0. The summed E-state index contributed by atoms with van der Waals surface area (Å²) in [5.74, 6) is -0.449. The topological polar surface area (TPSA) is 108 Å². The molecule has 0 aromatic heterocycles. The Labute approximate surface area is 266 Å². The van der Waals surface area contributed by atoms with Gasteiger partial charge in [0.1, 0.15) is 17.0 Å². The molecule has 2 aliphatic heterocycles. The normalized spacial score (nSPS) is 15.1. The molecule has 2 aliphatic rings. The fraction of sp³-hybridized carbons (Fsp3) is 0.529. The van der Waals surface area contributed by atoms with E-state index in [0.717, 1.165) is 49.3 Å². The van der Waals surface area contributed by atoms with E-state index in [1.54, 1.807) is 22.8 Å². The van der Waals surface area contributed by atoms with Gasteiger partial charge in [-0.15, -0.1) is 0 Å². The van der Waals surface area contributed by atoms with Crippen LogP contribution in [0.15, 0.2) is 36.4 Å². The lowest BCUT2D eigenvalue weighted by Gasteiger charge is -2.37. The second-order valence-corrected chi connectivity index (χ2v) is 13.0. The molecule has 10 nitrogen and oxygen atoms in total. The van der Waals surface area contributed by atoms with Crippen LogP contribution in [0.1, 0.15) is 73.4 Å². The molecule has 2 aromatic carbocycles. The molecule has 2 heterocycles. The first kappa shape index (κ1) is 37.2. The number of anilines is 1. The zero-order valence-electron chi connectivity index (χ0n) is 27.9. The van der Waals surface area contributed by atoms with Crippen LogP contribution in [-0.2, 0) is 9.47 Å². The lowest BCUT2D eigenvalue weighted by molar-refractivity contribution is 0.0223. The fourth-order valence-corrected chi connectivity index (χ4v) is 4.39. The maximum atomic E-state index is 12.6. The van der Waals surface area contributed by atoms with E-state index >= 15 is 0 Å². The van der Waals surface area contributed by atoms with Crippen molar-refractivity contribution in [3.05, 3.63) is 64.5 Å². The number of ether oxygens (including phenoxy) is 2. The predicted molar refractivity (Wildman–Crippen MR) is 174 cm³/mol. The smallest absolute Gasteiger partial charge is 0.410 e. The summed E-state index contributed by atoms with van der Waals surface area (Å²) in [7, 11) is 0. The number of amides is 2. The monoisotopic (exact) mass is 628 g/mol. The van der Waals surface area contributed by atoms with Crippen molar-refractivity contribution in [1.29, 1.82) is 0 Å². The molecule has 45 heavy (non-hydrogen) atoms. The van der Waals surface area contributed by atoms with Gasteiger partial charge < -0.3 is 29.5 Å². The van der Waals surface area contributed by atoms with E-state index in [2.05, 4.69) is 10.2 Å². The van der Waals surface area contributed by atoms with Gasteiger partial charge in [0.2, 0.25) is 0 Å². The number of rotatable bonds is 3. The number of carbonyl (C=O) groups is 4. The van der Waals surface area contributed by atoms with Gasteiger partial charge in [-0.25, -0.2) is 14.0 Å². The van der Waals surface area contributed by atoms with Gasteiger partial charge in [0.25, 0.3) is 0 Å². The summed E-state index contributed by atoms with van der Waals surface area (Å²) in [6, 6.07) is 10.3. The van der Waals surface area contributed by atoms with Gasteiger partial charge in [-0.05, 0) is 90.8 Å². The molecular formula is C34H49FN4O6. The summed E-state index contributed by atoms with van der Waals surface area (Å²) in [6.45, 7) is 20.8. The molecule has 11 heteroatoms. The summed E-state index contributed by atoms with van der Waals surface area (Å²) < 4.78 is 23.3. The summed E-state index contributed by atoms with van der Waals surface area (Å²) in [6.07, 6.45) is 0.921. The third-order valence-electron chi connectivity index (χ3n) is 6.64. The van der Waals surface area contributed by atoms with E-state index in [-0.39, 0.29) is 23.4 Å². The number of nitrogens with one attached hydrogen (secondary N) is 1. The highest BCUT2D eigenvalue weighted by Gasteiger charge is 2.27. The van der Waals surface area contributed by atoms with E-state index in [1.165, 1.54) is 12.1 Å². The zero-order chi connectivity index (χ0) is 33.8. The van der Waals surface area contributed by atoms with Crippen LogP contribution in [0, 0.1) is 19.7 Å². The van der Waals surface area contributed by atoms with Gasteiger partial charge in [-0.1, -0.05) is 12.1 Å². The van der Waals surface area contributed by atoms with E-state index < -0.39 is 11.4 Å². The maximum Gasteiger partial charge on any atom is 0.410 e. The van der Waals surface area contributed by atoms with Crippen LogP contribution in [-0.4, -0.2) is 98.1 Å². The van der Waals surface area contributed by atoms with Crippen molar-refractivity contribution in [2.45, 2.75) is 66.6 Å². The Balaban J connectivity index is 0.000000259. The first-order valence-corrected chi connectivity index (χ1v) is 15.2. The van der Waals surface area contributed by atoms with E-state index in [4.69, 9.17) is 9.47 Å². The molecule has 2 amide bonds. The van der Waals surface area contributed by atoms with Gasteiger partial charge in [0, 0.05) is 63.6 Å². The number of hydrogen-bond acceptors (Lipinski definition) is 8. The Kier molecular flexibility index (Phi) is 14.0. The number of carbonyl (C=O) groups excluding carboxylic acids is 4. The molecule has 0 aliphatic carbocycles. The van der Waals surface area contributed by atoms with Crippen LogP contribution < -0.4 is 10.2 Å². The minimum absolute atomic E-state index is 0.116. The molecule has 2 aromatic rings. The molecule has 2 fully saturated rings. The third-order valence-corrected chi connectivity index (χ3v) is 6.64. The number of halogens is 1. The number of aryl methyl sites for hydroxylation is 2. The molecule has 0 saturated carbocycles. The van der Waals surface area contributed by atoms with E-state index in [0.29, 0.717) is 38.0 Å². The first-order chi connectivity index (χ1) is 21.0. The van der Waals surface area contributed by atoms with Crippen LogP contribution in [0.25, 0.3) is 0 Å². The third kappa shape index (κ3) is 13.3. The Morgan fingerprint density at radius 1 is 0.711 bits per heavy atom. The molecule has 2 saturated heterocycles. The molecule has 4 rings (SSSR count). The van der Waals surface area contributed by atoms with Gasteiger partial charge in [-0.3, -0.25) is 9.59 Å². The summed E-state index contributed by atoms with van der Waals surface area (Å²) in [5, 5.41) is 3.18. The van der Waals surface area contributed by atoms with Crippen molar-refractivity contribution in [3.8, 4) is 0 Å². The molecular weight excluding hydrogens is 579 g/mol. The number of aldehydes is 2. The standard InChI is InChI=1S/C17H24N2O3.C9H18N2O2.C8H7FO/c1-13-5-6-14(12-20)15(11-13)18-7-9-19(10-8-18)16(21)22-17(2,3)4;1-9(2,3)13-8(12)11-6-4-10-5-7-11;1-6-2-3-7(5-10)8(9)4-6/h5-6,11-12H,7-10H2,1-4H3;10H,4-7H2,1-3H3;2-5H,1H3. The van der Waals surface area contributed by atoms with Crippen LogP contribution in [0.3, 0.4) is 0 Å². The lowest BCUT2D eigenvalue weighted by atomic mass is 10.1. The van der Waals surface area contributed by atoms with Crippen molar-refractivity contribution >= 4 is 30.4 Å². The fourth-order valence-electron chi connectivity index (χ4n) is 4.39. The second kappa shape index (κ2) is 16.9. The average molecular weight is 629 g/mol. The zero-order valence-corrected chi connectivity index (χ0v) is 27.9. The Bertz CT molecular complexity index is 1290. The number of hydrogen-bond donors (Lipinski definition) is 1. The van der Waals surface area contributed by atoms with Gasteiger partial charge in [0.15, 0.2) is 12.6 Å². The highest BCUT2D eigenvalue weighted by Crippen LogP contribution is 2.23. The lowest BCUT2D eigenvalue weighted by Crippen LogP contribution is -2.50. The Hall–Kier alpha value is -3.99. The van der Waals surface area contributed by atoms with Crippen LogP contribution in [0.5, 0.6) is 0 Å². The van der Waals surface area contributed by atoms with Gasteiger partial charge in [0.05, 0.1) is 5.56 Å². The molecule has 0 unspecified atom stereocenters. The van der Waals surface area contributed by atoms with Crippen molar-refractivity contribution in [1.82, 2.24) is 15.1 Å². The van der Waals surface area contributed by atoms with Crippen LogP contribution in [0.4, 0.5) is 19.7 Å². The SMILES string of the molecule is CC(C)(C)OC(=O)N1CCNCC1.Cc1ccc(C=O)c(F)c1.Cc1ccc(C=O)c(N2CCN(C(=O)OC(C)(C)C)CC2)c1. The van der Waals surface area contributed by atoms with Crippen LogP contribution in [0.2, 0.25) is 0 Å². The molecule has 0 bridgehead atoms.